The highest BCUT2D eigenvalue weighted by Crippen LogP contribution is 2.31. The Kier molecular flexibility index (Phi) is 6.49. The van der Waals surface area contributed by atoms with Gasteiger partial charge in [-0.2, -0.15) is 5.26 Å². The Morgan fingerprint density at radius 2 is 2.00 bits per heavy atom. The van der Waals surface area contributed by atoms with Crippen molar-refractivity contribution in [1.29, 1.82) is 5.26 Å². The van der Waals surface area contributed by atoms with Gasteiger partial charge in [0.1, 0.15) is 6.07 Å². The van der Waals surface area contributed by atoms with E-state index in [1.165, 1.54) is 0 Å². The molecule has 2 unspecified atom stereocenters. The third kappa shape index (κ3) is 4.27. The number of rotatable bonds is 6. The van der Waals surface area contributed by atoms with E-state index < -0.39 is 0 Å². The zero-order valence-corrected chi connectivity index (χ0v) is 17.5. The van der Waals surface area contributed by atoms with E-state index in [1.54, 1.807) is 12.1 Å². The van der Waals surface area contributed by atoms with Crippen molar-refractivity contribution in [2.24, 2.45) is 0 Å². The quantitative estimate of drug-likeness (QED) is 0.697. The fourth-order valence-electron chi connectivity index (χ4n) is 3.76. The fourth-order valence-corrected chi connectivity index (χ4v) is 4.20. The van der Waals surface area contributed by atoms with Crippen molar-refractivity contribution in [3.63, 3.8) is 0 Å². The Bertz CT molecular complexity index is 909. The van der Waals surface area contributed by atoms with E-state index in [2.05, 4.69) is 25.2 Å². The summed E-state index contributed by atoms with van der Waals surface area (Å²) in [5.74, 6) is 0.142. The summed E-state index contributed by atoms with van der Waals surface area (Å²) in [5.41, 5.74) is 2.27. The molecule has 3 rings (SSSR count). The molecule has 3 atom stereocenters. The minimum Gasteiger partial charge on any atom is -0.380 e. The molecule has 1 saturated heterocycles. The van der Waals surface area contributed by atoms with Gasteiger partial charge in [-0.25, -0.2) is 0 Å². The summed E-state index contributed by atoms with van der Waals surface area (Å²) in [5, 5.41) is 13.6. The Morgan fingerprint density at radius 3 is 2.64 bits per heavy atom. The standard InChI is InChI=1S/C22H23Cl2N3O/c1-3-14(2)27-21(10-15-6-4-5-7-18(15)23)20(12-22(27)28)26-17-9-8-16(13-25)19(24)11-17/h4-9,11,14,20-21,26H,3,10,12H2,1-2H3/t14?,20-,21?/m0/s1. The maximum absolute atomic E-state index is 12.8. The van der Waals surface area contributed by atoms with Gasteiger partial charge in [-0.15, -0.1) is 0 Å². The number of carbonyl (C=O) groups excluding carboxylic acids is 1. The van der Waals surface area contributed by atoms with E-state index in [4.69, 9.17) is 28.5 Å². The number of nitrogens with zero attached hydrogens (tertiary/aromatic N) is 2. The summed E-state index contributed by atoms with van der Waals surface area (Å²) in [6.07, 6.45) is 1.98. The maximum Gasteiger partial charge on any atom is 0.225 e. The molecule has 146 valence electrons. The van der Waals surface area contributed by atoms with Gasteiger partial charge in [0.2, 0.25) is 5.91 Å². The molecule has 2 aromatic carbocycles. The maximum atomic E-state index is 12.8. The van der Waals surface area contributed by atoms with Gasteiger partial charge in [0.05, 0.1) is 22.7 Å². The largest absolute Gasteiger partial charge is 0.380 e. The molecule has 6 heteroatoms. The zero-order chi connectivity index (χ0) is 20.3. The van der Waals surface area contributed by atoms with Crippen LogP contribution in [-0.4, -0.2) is 28.9 Å². The number of nitriles is 1. The van der Waals surface area contributed by atoms with Gasteiger partial charge in [0, 0.05) is 23.2 Å². The molecule has 2 aromatic rings. The van der Waals surface area contributed by atoms with E-state index >= 15 is 0 Å². The summed E-state index contributed by atoms with van der Waals surface area (Å²) in [6, 6.07) is 15.2. The number of halogens is 2. The molecule has 1 aliphatic heterocycles. The average molecular weight is 416 g/mol. The van der Waals surface area contributed by atoms with Gasteiger partial charge in [0.25, 0.3) is 0 Å². The van der Waals surface area contributed by atoms with Gasteiger partial charge < -0.3 is 10.2 Å². The first-order chi connectivity index (χ1) is 13.4. The van der Waals surface area contributed by atoms with Crippen LogP contribution in [-0.2, 0) is 11.2 Å². The number of nitrogens with one attached hydrogen (secondary N) is 1. The van der Waals surface area contributed by atoms with Gasteiger partial charge in [-0.1, -0.05) is 48.3 Å². The van der Waals surface area contributed by atoms with Crippen LogP contribution in [0.4, 0.5) is 5.69 Å². The van der Waals surface area contributed by atoms with Crippen LogP contribution in [0.1, 0.15) is 37.8 Å². The third-order valence-electron chi connectivity index (χ3n) is 5.40. The molecular formula is C22H23Cl2N3O. The molecule has 0 spiro atoms. The van der Waals surface area contributed by atoms with Crippen molar-refractivity contribution >= 4 is 34.8 Å². The fraction of sp³-hybridized carbons (Fsp3) is 0.364. The molecule has 1 aliphatic rings. The van der Waals surface area contributed by atoms with Crippen LogP contribution in [0.2, 0.25) is 10.0 Å². The first-order valence-electron chi connectivity index (χ1n) is 9.45. The van der Waals surface area contributed by atoms with Crippen LogP contribution in [0.5, 0.6) is 0 Å². The topological polar surface area (TPSA) is 56.1 Å². The van der Waals surface area contributed by atoms with Gasteiger partial charge in [-0.3, -0.25) is 4.79 Å². The summed E-state index contributed by atoms with van der Waals surface area (Å²) >= 11 is 12.6. The molecule has 0 saturated carbocycles. The highest BCUT2D eigenvalue weighted by molar-refractivity contribution is 6.32. The number of anilines is 1. The van der Waals surface area contributed by atoms with Crippen LogP contribution in [0.25, 0.3) is 0 Å². The lowest BCUT2D eigenvalue weighted by atomic mass is 9.98. The molecule has 1 heterocycles. The van der Waals surface area contributed by atoms with Gasteiger partial charge in [-0.05, 0) is 49.6 Å². The van der Waals surface area contributed by atoms with Crippen molar-refractivity contribution in [3.8, 4) is 6.07 Å². The molecule has 0 aromatic heterocycles. The highest BCUT2D eigenvalue weighted by Gasteiger charge is 2.41. The molecule has 1 N–H and O–H groups in total. The number of carbonyl (C=O) groups is 1. The van der Waals surface area contributed by atoms with Crippen LogP contribution in [0, 0.1) is 11.3 Å². The second kappa shape index (κ2) is 8.86. The van der Waals surface area contributed by atoms with E-state index in [0.717, 1.165) is 17.7 Å². The van der Waals surface area contributed by atoms with E-state index in [9.17, 15) is 4.79 Å². The minimum atomic E-state index is -0.0678. The van der Waals surface area contributed by atoms with Crippen LogP contribution in [0.15, 0.2) is 42.5 Å². The predicted octanol–water partition coefficient (Wildman–Crippen LogP) is 5.29. The Hall–Kier alpha value is -2.22. The number of likely N-dealkylation sites (tertiary alicyclic amines) is 1. The van der Waals surface area contributed by atoms with Crippen LogP contribution >= 0.6 is 23.2 Å². The monoisotopic (exact) mass is 415 g/mol. The number of hydrogen-bond donors (Lipinski definition) is 1. The van der Waals surface area contributed by atoms with Crippen molar-refractivity contribution < 1.29 is 4.79 Å². The normalized spacial score (nSPS) is 20.1. The van der Waals surface area contributed by atoms with E-state index in [-0.39, 0.29) is 24.0 Å². The SMILES string of the molecule is CCC(C)N1C(=O)C[C@H](Nc2ccc(C#N)c(Cl)c2)C1Cc1ccccc1Cl. The summed E-state index contributed by atoms with van der Waals surface area (Å²) in [6.45, 7) is 4.17. The Balaban J connectivity index is 1.89. The number of amides is 1. The van der Waals surface area contributed by atoms with Crippen LogP contribution < -0.4 is 5.32 Å². The lowest BCUT2D eigenvalue weighted by Crippen LogP contribution is -2.45. The zero-order valence-electron chi connectivity index (χ0n) is 16.0. The van der Waals surface area contributed by atoms with E-state index in [1.807, 2.05) is 35.2 Å². The van der Waals surface area contributed by atoms with Gasteiger partial charge in [0.15, 0.2) is 0 Å². The highest BCUT2D eigenvalue weighted by atomic mass is 35.5. The summed E-state index contributed by atoms with van der Waals surface area (Å²) in [4.78, 5) is 14.8. The van der Waals surface area contributed by atoms with Crippen molar-refractivity contribution in [1.82, 2.24) is 4.90 Å². The van der Waals surface area contributed by atoms with Crippen molar-refractivity contribution in [3.05, 3.63) is 63.6 Å². The summed E-state index contributed by atoms with van der Waals surface area (Å²) in [7, 11) is 0. The third-order valence-corrected chi connectivity index (χ3v) is 6.08. The second-order valence-corrected chi connectivity index (χ2v) is 8.00. The molecule has 1 amide bonds. The first-order valence-corrected chi connectivity index (χ1v) is 10.2. The number of benzene rings is 2. The second-order valence-electron chi connectivity index (χ2n) is 7.18. The molecule has 0 radical (unpaired) electrons. The molecule has 4 nitrogen and oxygen atoms in total. The summed E-state index contributed by atoms with van der Waals surface area (Å²) < 4.78 is 0. The van der Waals surface area contributed by atoms with Crippen molar-refractivity contribution in [2.45, 2.75) is 51.2 Å². The molecule has 1 fully saturated rings. The van der Waals surface area contributed by atoms with E-state index in [0.29, 0.717) is 28.5 Å². The molecular weight excluding hydrogens is 393 g/mol. The Labute approximate surface area is 176 Å². The first kappa shape index (κ1) is 20.5. The Morgan fingerprint density at radius 1 is 1.25 bits per heavy atom. The van der Waals surface area contributed by atoms with Crippen molar-refractivity contribution in [2.75, 3.05) is 5.32 Å². The smallest absolute Gasteiger partial charge is 0.225 e. The van der Waals surface area contributed by atoms with Gasteiger partial charge >= 0.3 is 0 Å². The minimum absolute atomic E-state index is 0.0169. The number of hydrogen-bond acceptors (Lipinski definition) is 3. The lowest BCUT2D eigenvalue weighted by molar-refractivity contribution is -0.130. The predicted molar refractivity (Wildman–Crippen MR) is 114 cm³/mol. The molecule has 28 heavy (non-hydrogen) atoms. The molecule has 0 bridgehead atoms. The molecule has 0 aliphatic carbocycles. The average Bonchev–Trinajstić information content (AvgIpc) is 2.98. The lowest BCUT2D eigenvalue weighted by Gasteiger charge is -2.33. The van der Waals surface area contributed by atoms with Crippen LogP contribution in [0.3, 0.4) is 0 Å².